The van der Waals surface area contributed by atoms with Crippen LogP contribution < -0.4 is 24.4 Å². The van der Waals surface area contributed by atoms with E-state index >= 15 is 0 Å². The zero-order valence-electron chi connectivity index (χ0n) is 18.3. The van der Waals surface area contributed by atoms with Crippen LogP contribution in [0.4, 0.5) is 5.69 Å². The second-order valence-electron chi connectivity index (χ2n) is 7.11. The van der Waals surface area contributed by atoms with Gasteiger partial charge < -0.3 is 24.4 Å². The number of rotatable bonds is 8. The van der Waals surface area contributed by atoms with Gasteiger partial charge in [-0.05, 0) is 36.8 Å². The molecule has 0 saturated heterocycles. The minimum Gasteiger partial charge on any atom is -0.493 e. The van der Waals surface area contributed by atoms with Gasteiger partial charge in [0.15, 0.2) is 11.5 Å². The Balaban J connectivity index is 1.61. The van der Waals surface area contributed by atoms with Gasteiger partial charge in [0, 0.05) is 30.0 Å². The number of ether oxygens (including phenoxy) is 3. The predicted octanol–water partition coefficient (Wildman–Crippen LogP) is 3.81. The van der Waals surface area contributed by atoms with E-state index < -0.39 is 0 Å². The van der Waals surface area contributed by atoms with Crippen molar-refractivity contribution in [1.82, 2.24) is 5.32 Å². The normalized spacial score (nSPS) is 13.7. The fourth-order valence-electron chi connectivity index (χ4n) is 3.53. The summed E-state index contributed by atoms with van der Waals surface area (Å²) < 4.78 is 16.1. The van der Waals surface area contributed by atoms with E-state index in [-0.39, 0.29) is 30.7 Å². The van der Waals surface area contributed by atoms with E-state index in [4.69, 9.17) is 14.2 Å². The van der Waals surface area contributed by atoms with Crippen LogP contribution in [0.1, 0.15) is 31.4 Å². The molecule has 31 heavy (non-hydrogen) atoms. The monoisotopic (exact) mass is 444 g/mol. The topological polar surface area (TPSA) is 77.1 Å². The highest BCUT2D eigenvalue weighted by molar-refractivity contribution is 7.99. The van der Waals surface area contributed by atoms with Crippen molar-refractivity contribution in [3.63, 3.8) is 0 Å². The largest absolute Gasteiger partial charge is 0.493 e. The SMILES string of the molecule is COc1cc(C(C)NC(=O)CCC(=O)N2CCSc3ccccc32)cc(OC)c1OC. The van der Waals surface area contributed by atoms with Crippen LogP contribution in [0, 0.1) is 0 Å². The van der Waals surface area contributed by atoms with Crippen LogP contribution in [0.2, 0.25) is 0 Å². The number of carbonyl (C=O) groups excluding carboxylic acids is 2. The number of thioether (sulfide) groups is 1. The first-order valence-corrected chi connectivity index (χ1v) is 11.1. The molecular weight excluding hydrogens is 416 g/mol. The molecule has 2 aromatic carbocycles. The maximum Gasteiger partial charge on any atom is 0.227 e. The molecule has 7 nitrogen and oxygen atoms in total. The van der Waals surface area contributed by atoms with Gasteiger partial charge in [0.05, 0.1) is 33.1 Å². The third-order valence-corrected chi connectivity index (χ3v) is 6.20. The molecule has 1 aliphatic heterocycles. The maximum absolute atomic E-state index is 12.7. The lowest BCUT2D eigenvalue weighted by molar-refractivity contribution is -0.125. The van der Waals surface area contributed by atoms with Crippen molar-refractivity contribution in [2.75, 3.05) is 38.5 Å². The average Bonchev–Trinajstić information content (AvgIpc) is 2.80. The van der Waals surface area contributed by atoms with Crippen molar-refractivity contribution in [3.05, 3.63) is 42.0 Å². The van der Waals surface area contributed by atoms with Crippen LogP contribution >= 0.6 is 11.8 Å². The number of hydrogen-bond donors (Lipinski definition) is 1. The van der Waals surface area contributed by atoms with E-state index in [2.05, 4.69) is 5.32 Å². The van der Waals surface area contributed by atoms with Crippen molar-refractivity contribution >= 4 is 29.3 Å². The molecule has 0 radical (unpaired) electrons. The number of fused-ring (bicyclic) bond motifs is 1. The highest BCUT2D eigenvalue weighted by Crippen LogP contribution is 2.39. The Bertz CT molecular complexity index is 924. The van der Waals surface area contributed by atoms with Crippen molar-refractivity contribution < 1.29 is 23.8 Å². The van der Waals surface area contributed by atoms with Crippen LogP contribution in [0.15, 0.2) is 41.3 Å². The average molecular weight is 445 g/mol. The lowest BCUT2D eigenvalue weighted by atomic mass is 10.1. The molecule has 1 aliphatic rings. The van der Waals surface area contributed by atoms with Gasteiger partial charge in [0.25, 0.3) is 0 Å². The molecule has 1 heterocycles. The van der Waals surface area contributed by atoms with E-state index in [1.165, 1.54) is 0 Å². The quantitative estimate of drug-likeness (QED) is 0.667. The zero-order chi connectivity index (χ0) is 22.4. The van der Waals surface area contributed by atoms with E-state index in [9.17, 15) is 9.59 Å². The van der Waals surface area contributed by atoms with E-state index in [1.54, 1.807) is 50.1 Å². The van der Waals surface area contributed by atoms with Crippen molar-refractivity contribution in [2.45, 2.75) is 30.7 Å². The lowest BCUT2D eigenvalue weighted by Gasteiger charge is -2.29. The minimum absolute atomic E-state index is 0.0386. The summed E-state index contributed by atoms with van der Waals surface area (Å²) in [5, 5.41) is 2.95. The summed E-state index contributed by atoms with van der Waals surface area (Å²) in [6.07, 6.45) is 0.284. The van der Waals surface area contributed by atoms with Gasteiger partial charge in [-0.3, -0.25) is 9.59 Å². The number of hydrogen-bond acceptors (Lipinski definition) is 6. The molecule has 2 amide bonds. The summed E-state index contributed by atoms with van der Waals surface area (Å²) >= 11 is 1.75. The van der Waals surface area contributed by atoms with Crippen LogP contribution in [0.25, 0.3) is 0 Å². The number of anilines is 1. The number of para-hydroxylation sites is 1. The van der Waals surface area contributed by atoms with E-state index in [1.807, 2.05) is 31.2 Å². The first kappa shape index (κ1) is 22.8. The number of amides is 2. The van der Waals surface area contributed by atoms with Gasteiger partial charge in [0.2, 0.25) is 17.6 Å². The smallest absolute Gasteiger partial charge is 0.227 e. The molecule has 1 unspecified atom stereocenters. The Labute approximate surface area is 187 Å². The molecule has 0 aromatic heterocycles. The molecule has 8 heteroatoms. The molecule has 0 fully saturated rings. The van der Waals surface area contributed by atoms with Gasteiger partial charge >= 0.3 is 0 Å². The fourth-order valence-corrected chi connectivity index (χ4v) is 4.53. The molecule has 3 rings (SSSR count). The van der Waals surface area contributed by atoms with Crippen molar-refractivity contribution in [1.29, 1.82) is 0 Å². The van der Waals surface area contributed by atoms with Crippen LogP contribution in [-0.4, -0.2) is 45.4 Å². The second kappa shape index (κ2) is 10.4. The summed E-state index contributed by atoms with van der Waals surface area (Å²) in [6, 6.07) is 11.2. The third kappa shape index (κ3) is 5.25. The molecule has 0 spiro atoms. The number of benzene rings is 2. The molecule has 1 atom stereocenters. The summed E-state index contributed by atoms with van der Waals surface area (Å²) in [5.74, 6) is 2.17. The van der Waals surface area contributed by atoms with E-state index in [0.717, 1.165) is 21.9 Å². The standard InChI is InChI=1S/C23H28N2O5S/c1-15(16-13-18(28-2)23(30-4)19(14-16)29-3)24-21(26)9-10-22(27)25-11-12-31-20-8-6-5-7-17(20)25/h5-8,13-15H,9-12H2,1-4H3,(H,24,26). The number of carbonyl (C=O) groups is 2. The van der Waals surface area contributed by atoms with E-state index in [0.29, 0.717) is 23.8 Å². The van der Waals surface area contributed by atoms with Gasteiger partial charge in [-0.1, -0.05) is 12.1 Å². The van der Waals surface area contributed by atoms with Crippen LogP contribution in [0.5, 0.6) is 17.2 Å². The van der Waals surface area contributed by atoms with Gasteiger partial charge in [-0.25, -0.2) is 0 Å². The summed E-state index contributed by atoms with van der Waals surface area (Å²) in [7, 11) is 4.64. The predicted molar refractivity (Wildman–Crippen MR) is 121 cm³/mol. The van der Waals surface area contributed by atoms with Crippen molar-refractivity contribution in [2.24, 2.45) is 0 Å². The highest BCUT2D eigenvalue weighted by Gasteiger charge is 2.23. The van der Waals surface area contributed by atoms with Crippen LogP contribution in [-0.2, 0) is 9.59 Å². The van der Waals surface area contributed by atoms with Crippen molar-refractivity contribution in [3.8, 4) is 17.2 Å². The number of methoxy groups -OCH3 is 3. The molecule has 2 aromatic rings. The lowest BCUT2D eigenvalue weighted by Crippen LogP contribution is -2.36. The van der Waals surface area contributed by atoms with Gasteiger partial charge in [-0.2, -0.15) is 0 Å². The van der Waals surface area contributed by atoms with Crippen LogP contribution in [0.3, 0.4) is 0 Å². The minimum atomic E-state index is -0.288. The highest BCUT2D eigenvalue weighted by atomic mass is 32.2. The number of nitrogens with one attached hydrogen (secondary N) is 1. The molecule has 166 valence electrons. The Morgan fingerprint density at radius 1 is 1.06 bits per heavy atom. The Morgan fingerprint density at radius 3 is 2.39 bits per heavy atom. The van der Waals surface area contributed by atoms with Gasteiger partial charge in [0.1, 0.15) is 0 Å². The fraction of sp³-hybridized carbons (Fsp3) is 0.391. The molecule has 0 aliphatic carbocycles. The summed E-state index contributed by atoms with van der Waals surface area (Å²) in [5.41, 5.74) is 1.74. The summed E-state index contributed by atoms with van der Waals surface area (Å²) in [4.78, 5) is 28.1. The Kier molecular flexibility index (Phi) is 7.68. The second-order valence-corrected chi connectivity index (χ2v) is 8.25. The third-order valence-electron chi connectivity index (χ3n) is 5.16. The molecule has 0 bridgehead atoms. The molecular formula is C23H28N2O5S. The first-order chi connectivity index (χ1) is 15.0. The zero-order valence-corrected chi connectivity index (χ0v) is 19.1. The summed E-state index contributed by atoms with van der Waals surface area (Å²) in [6.45, 7) is 2.53. The molecule has 0 saturated carbocycles. The van der Waals surface area contributed by atoms with Gasteiger partial charge in [-0.15, -0.1) is 11.8 Å². The first-order valence-electron chi connectivity index (χ1n) is 10.1. The molecule has 1 N–H and O–H groups in total. The Morgan fingerprint density at radius 2 is 1.74 bits per heavy atom. The Hall–Kier alpha value is -2.87. The number of nitrogens with zero attached hydrogens (tertiary/aromatic N) is 1. The maximum atomic E-state index is 12.7.